The average Bonchev–Trinajstić information content (AvgIpc) is 2.86. The third-order valence-corrected chi connectivity index (χ3v) is 6.74. The Morgan fingerprint density at radius 2 is 1.43 bits per heavy atom. The zero-order chi connectivity index (χ0) is 29.7. The molecule has 0 atom stereocenters. The topological polar surface area (TPSA) is 67.9 Å². The summed E-state index contributed by atoms with van der Waals surface area (Å²) in [6.45, 7) is 16.2. The van der Waals surface area contributed by atoms with E-state index in [2.05, 4.69) is 46.6 Å². The number of aryl methyl sites for hydroxylation is 3. The molecule has 0 unspecified atom stereocenters. The van der Waals surface area contributed by atoms with Gasteiger partial charge in [0.15, 0.2) is 0 Å². The molecule has 0 aromatic heterocycles. The van der Waals surface area contributed by atoms with E-state index in [0.29, 0.717) is 13.0 Å². The minimum atomic E-state index is -0.640. The summed E-state index contributed by atoms with van der Waals surface area (Å²) in [4.78, 5) is 28.0. The average molecular weight is 545 g/mol. The van der Waals surface area contributed by atoms with Crippen LogP contribution in [0.1, 0.15) is 62.4 Å². The highest BCUT2D eigenvalue weighted by Gasteiger charge is 2.32. The van der Waals surface area contributed by atoms with Gasteiger partial charge < -0.3 is 19.7 Å². The summed E-state index contributed by atoms with van der Waals surface area (Å²) in [7, 11) is 1.65. The third kappa shape index (κ3) is 8.60. The molecule has 1 N–H and O–H groups in total. The molecule has 40 heavy (non-hydrogen) atoms. The normalized spacial score (nSPS) is 11.6. The SMILES string of the molecule is COc1cc(C)c(NC(=O)CN(Cc2ccc(CC(C)(C)C(=O)OC(C)(C)C)cc2)c2ccc(C)cc2)cc1C. The lowest BCUT2D eigenvalue weighted by atomic mass is 9.85. The van der Waals surface area contributed by atoms with Crippen molar-refractivity contribution in [1.82, 2.24) is 0 Å². The summed E-state index contributed by atoms with van der Waals surface area (Å²) < 4.78 is 11.0. The molecule has 6 heteroatoms. The number of rotatable bonds is 10. The first kappa shape index (κ1) is 30.7. The maximum Gasteiger partial charge on any atom is 0.312 e. The number of carbonyl (C=O) groups is 2. The van der Waals surface area contributed by atoms with Crippen LogP contribution in [0.5, 0.6) is 5.75 Å². The van der Waals surface area contributed by atoms with Crippen LogP contribution in [-0.4, -0.2) is 31.1 Å². The monoisotopic (exact) mass is 544 g/mol. The molecule has 214 valence electrons. The molecule has 0 spiro atoms. The number of carbonyl (C=O) groups excluding carboxylic acids is 2. The van der Waals surface area contributed by atoms with Gasteiger partial charge in [-0.1, -0.05) is 42.0 Å². The Morgan fingerprint density at radius 1 is 0.825 bits per heavy atom. The van der Waals surface area contributed by atoms with Crippen LogP contribution < -0.4 is 15.0 Å². The van der Waals surface area contributed by atoms with Gasteiger partial charge in [-0.2, -0.15) is 0 Å². The molecule has 0 aliphatic rings. The first-order chi connectivity index (χ1) is 18.7. The third-order valence-electron chi connectivity index (χ3n) is 6.74. The minimum Gasteiger partial charge on any atom is -0.496 e. The van der Waals surface area contributed by atoms with Gasteiger partial charge in [0.25, 0.3) is 0 Å². The second-order valence-corrected chi connectivity index (χ2v) is 12.3. The van der Waals surface area contributed by atoms with E-state index in [1.165, 1.54) is 0 Å². The van der Waals surface area contributed by atoms with Gasteiger partial charge in [0, 0.05) is 17.9 Å². The Balaban J connectivity index is 1.75. The number of hydrogen-bond donors (Lipinski definition) is 1. The van der Waals surface area contributed by atoms with Gasteiger partial charge in [0.2, 0.25) is 5.91 Å². The summed E-state index contributed by atoms with van der Waals surface area (Å²) in [5.74, 6) is 0.501. The van der Waals surface area contributed by atoms with Crippen molar-refractivity contribution in [3.63, 3.8) is 0 Å². The summed E-state index contributed by atoms with van der Waals surface area (Å²) in [5.41, 5.74) is 5.80. The number of amides is 1. The minimum absolute atomic E-state index is 0.0935. The van der Waals surface area contributed by atoms with Gasteiger partial charge in [-0.3, -0.25) is 9.59 Å². The van der Waals surface area contributed by atoms with Gasteiger partial charge in [-0.05, 0) is 108 Å². The first-order valence-corrected chi connectivity index (χ1v) is 13.7. The second kappa shape index (κ2) is 12.6. The molecule has 0 aliphatic heterocycles. The van der Waals surface area contributed by atoms with E-state index >= 15 is 0 Å². The van der Waals surface area contributed by atoms with Crippen LogP contribution in [0.25, 0.3) is 0 Å². The zero-order valence-electron chi connectivity index (χ0n) is 25.5. The Labute approximate surface area is 239 Å². The molecule has 0 bridgehead atoms. The molecule has 1 amide bonds. The molecule has 0 aliphatic carbocycles. The quantitative estimate of drug-likeness (QED) is 0.274. The number of methoxy groups -OCH3 is 1. The van der Waals surface area contributed by atoms with Gasteiger partial charge >= 0.3 is 5.97 Å². The fourth-order valence-electron chi connectivity index (χ4n) is 4.48. The van der Waals surface area contributed by atoms with Gasteiger partial charge in [0.05, 0.1) is 19.1 Å². The zero-order valence-corrected chi connectivity index (χ0v) is 25.5. The maximum atomic E-state index is 13.2. The smallest absolute Gasteiger partial charge is 0.312 e. The predicted molar refractivity (Wildman–Crippen MR) is 163 cm³/mol. The summed E-state index contributed by atoms with van der Waals surface area (Å²) in [6.07, 6.45) is 0.576. The summed E-state index contributed by atoms with van der Waals surface area (Å²) >= 11 is 0. The molecule has 0 saturated heterocycles. The van der Waals surface area contributed by atoms with Crippen LogP contribution in [0.2, 0.25) is 0 Å². The highest BCUT2D eigenvalue weighted by atomic mass is 16.6. The summed E-state index contributed by atoms with van der Waals surface area (Å²) in [6, 6.07) is 20.3. The van der Waals surface area contributed by atoms with Crippen molar-refractivity contribution in [2.45, 2.75) is 74.0 Å². The predicted octanol–water partition coefficient (Wildman–Crippen LogP) is 7.18. The standard InChI is InChI=1S/C34H44N2O4/c1-23-10-16-28(17-11-23)36(22-31(37)35-29-18-25(3)30(39-9)19-24(29)2)21-27-14-12-26(13-15-27)20-34(7,8)32(38)40-33(4,5)6/h10-19H,20-22H2,1-9H3,(H,35,37). The van der Waals surface area contributed by atoms with E-state index in [1.54, 1.807) is 7.11 Å². The van der Waals surface area contributed by atoms with Gasteiger partial charge in [-0.25, -0.2) is 0 Å². The number of ether oxygens (including phenoxy) is 2. The number of esters is 1. The van der Waals surface area contributed by atoms with Crippen LogP contribution in [-0.2, 0) is 27.3 Å². The van der Waals surface area contributed by atoms with Crippen LogP contribution in [0.3, 0.4) is 0 Å². The van der Waals surface area contributed by atoms with Crippen LogP contribution in [0, 0.1) is 26.2 Å². The van der Waals surface area contributed by atoms with E-state index in [4.69, 9.17) is 9.47 Å². The molecule has 0 radical (unpaired) electrons. The van der Waals surface area contributed by atoms with Crippen molar-refractivity contribution in [2.24, 2.45) is 5.41 Å². The number of nitrogens with zero attached hydrogens (tertiary/aromatic N) is 1. The Hall–Kier alpha value is -3.80. The molecular formula is C34H44N2O4. The van der Waals surface area contributed by atoms with Crippen LogP contribution >= 0.6 is 0 Å². The number of benzene rings is 3. The molecule has 3 aromatic carbocycles. The van der Waals surface area contributed by atoms with E-state index in [9.17, 15) is 9.59 Å². The second-order valence-electron chi connectivity index (χ2n) is 12.3. The Bertz CT molecular complexity index is 1320. The molecular weight excluding hydrogens is 500 g/mol. The number of nitrogens with one attached hydrogen (secondary N) is 1. The van der Waals surface area contributed by atoms with Crippen LogP contribution in [0.15, 0.2) is 60.7 Å². The van der Waals surface area contributed by atoms with Crippen molar-refractivity contribution in [2.75, 3.05) is 23.9 Å². The van der Waals surface area contributed by atoms with Crippen molar-refractivity contribution in [1.29, 1.82) is 0 Å². The highest BCUT2D eigenvalue weighted by Crippen LogP contribution is 2.28. The molecule has 0 saturated carbocycles. The largest absolute Gasteiger partial charge is 0.496 e. The number of anilines is 2. The molecule has 3 aromatic rings. The van der Waals surface area contributed by atoms with Crippen molar-refractivity contribution >= 4 is 23.3 Å². The molecule has 6 nitrogen and oxygen atoms in total. The maximum absolute atomic E-state index is 13.2. The van der Waals surface area contributed by atoms with Gasteiger partial charge in [0.1, 0.15) is 11.4 Å². The van der Waals surface area contributed by atoms with E-state index in [1.807, 2.05) is 79.7 Å². The van der Waals surface area contributed by atoms with Gasteiger partial charge in [-0.15, -0.1) is 0 Å². The highest BCUT2D eigenvalue weighted by molar-refractivity contribution is 5.95. The lowest BCUT2D eigenvalue weighted by Gasteiger charge is -2.28. The van der Waals surface area contributed by atoms with E-state index < -0.39 is 11.0 Å². The lowest BCUT2D eigenvalue weighted by molar-refractivity contribution is -0.165. The lowest BCUT2D eigenvalue weighted by Crippen LogP contribution is -2.35. The van der Waals surface area contributed by atoms with Crippen LogP contribution in [0.4, 0.5) is 11.4 Å². The van der Waals surface area contributed by atoms with Crippen molar-refractivity contribution in [3.8, 4) is 5.75 Å². The number of hydrogen-bond acceptors (Lipinski definition) is 5. The molecule has 0 heterocycles. The molecule has 3 rings (SSSR count). The Kier molecular flexibility index (Phi) is 9.67. The fourth-order valence-corrected chi connectivity index (χ4v) is 4.48. The first-order valence-electron chi connectivity index (χ1n) is 13.7. The summed E-state index contributed by atoms with van der Waals surface area (Å²) in [5, 5.41) is 3.08. The fraction of sp³-hybridized carbons (Fsp3) is 0.412. The van der Waals surface area contributed by atoms with E-state index in [0.717, 1.165) is 44.9 Å². The Morgan fingerprint density at radius 3 is 2.00 bits per heavy atom. The van der Waals surface area contributed by atoms with Crippen molar-refractivity contribution < 1.29 is 19.1 Å². The molecule has 0 fully saturated rings. The van der Waals surface area contributed by atoms with E-state index in [-0.39, 0.29) is 18.4 Å². The van der Waals surface area contributed by atoms with Crippen molar-refractivity contribution in [3.05, 3.63) is 88.5 Å².